The molecule has 0 N–H and O–H groups in total. The molecule has 0 aliphatic rings. The van der Waals surface area contributed by atoms with Crippen molar-refractivity contribution in [2.75, 3.05) is 0 Å². The fourth-order valence-electron chi connectivity index (χ4n) is 1.09. The maximum atomic E-state index is 9.92. The van der Waals surface area contributed by atoms with Crippen molar-refractivity contribution in [3.63, 3.8) is 0 Å². The highest BCUT2D eigenvalue weighted by Crippen LogP contribution is 2.09. The molecular formula is C10H18O. The first-order valence-corrected chi connectivity index (χ1v) is 4.39. The Labute approximate surface area is 69.5 Å². The molecule has 1 unspecified atom stereocenters. The standard InChI is InChI=1S/C10H18O/c1-3-7-10(2)8-5-4-6-9-11/h4-5,9-10H,3,6-8H2,1-2H3. The van der Waals surface area contributed by atoms with Crippen LogP contribution in [0.15, 0.2) is 12.2 Å². The van der Waals surface area contributed by atoms with Gasteiger partial charge in [-0.25, -0.2) is 0 Å². The lowest BCUT2D eigenvalue weighted by atomic mass is 10.0. The summed E-state index contributed by atoms with van der Waals surface area (Å²) in [6.45, 7) is 4.44. The Balaban J connectivity index is 3.28. The summed E-state index contributed by atoms with van der Waals surface area (Å²) in [7, 11) is 0. The van der Waals surface area contributed by atoms with Crippen LogP contribution in [0.4, 0.5) is 0 Å². The van der Waals surface area contributed by atoms with E-state index in [0.717, 1.165) is 18.6 Å². The topological polar surface area (TPSA) is 17.1 Å². The zero-order chi connectivity index (χ0) is 8.53. The van der Waals surface area contributed by atoms with Crippen LogP contribution in [-0.4, -0.2) is 6.29 Å². The van der Waals surface area contributed by atoms with Crippen LogP contribution in [0.3, 0.4) is 0 Å². The van der Waals surface area contributed by atoms with Gasteiger partial charge in [-0.1, -0.05) is 38.8 Å². The van der Waals surface area contributed by atoms with Crippen LogP contribution in [0.25, 0.3) is 0 Å². The predicted octanol–water partition coefficient (Wildman–Crippen LogP) is 2.96. The molecule has 0 saturated carbocycles. The number of carbonyl (C=O) groups excluding carboxylic acids is 1. The van der Waals surface area contributed by atoms with E-state index in [9.17, 15) is 4.79 Å². The van der Waals surface area contributed by atoms with Crippen LogP contribution in [-0.2, 0) is 4.79 Å². The number of rotatable bonds is 6. The molecule has 0 saturated heterocycles. The molecule has 0 heterocycles. The van der Waals surface area contributed by atoms with Crippen molar-refractivity contribution in [3.8, 4) is 0 Å². The zero-order valence-electron chi connectivity index (χ0n) is 7.55. The summed E-state index contributed by atoms with van der Waals surface area (Å²) in [5.41, 5.74) is 0. The molecule has 0 rings (SSSR count). The molecular weight excluding hydrogens is 136 g/mol. The van der Waals surface area contributed by atoms with Crippen molar-refractivity contribution >= 4 is 6.29 Å². The molecule has 0 radical (unpaired) electrons. The number of carbonyl (C=O) groups is 1. The summed E-state index contributed by atoms with van der Waals surface area (Å²) in [5, 5.41) is 0. The zero-order valence-corrected chi connectivity index (χ0v) is 7.55. The van der Waals surface area contributed by atoms with E-state index in [1.165, 1.54) is 12.8 Å². The molecule has 11 heavy (non-hydrogen) atoms. The van der Waals surface area contributed by atoms with Crippen LogP contribution in [0.5, 0.6) is 0 Å². The van der Waals surface area contributed by atoms with Crippen LogP contribution in [0.2, 0.25) is 0 Å². The molecule has 0 aliphatic heterocycles. The van der Waals surface area contributed by atoms with Gasteiger partial charge in [-0.3, -0.25) is 0 Å². The summed E-state index contributed by atoms with van der Waals surface area (Å²) in [6, 6.07) is 0. The third-order valence-electron chi connectivity index (χ3n) is 1.72. The summed E-state index contributed by atoms with van der Waals surface area (Å²) >= 11 is 0. The van der Waals surface area contributed by atoms with E-state index in [1.807, 2.05) is 6.08 Å². The number of hydrogen-bond acceptors (Lipinski definition) is 1. The first-order valence-electron chi connectivity index (χ1n) is 4.39. The summed E-state index contributed by atoms with van der Waals surface area (Å²) in [4.78, 5) is 9.92. The number of allylic oxidation sites excluding steroid dienone is 2. The Hall–Kier alpha value is -0.590. The Bertz CT molecular complexity index is 116. The largest absolute Gasteiger partial charge is 0.303 e. The molecule has 1 nitrogen and oxygen atoms in total. The van der Waals surface area contributed by atoms with Crippen molar-refractivity contribution in [2.45, 2.75) is 39.5 Å². The Morgan fingerprint density at radius 1 is 1.36 bits per heavy atom. The van der Waals surface area contributed by atoms with Crippen molar-refractivity contribution in [1.29, 1.82) is 0 Å². The Morgan fingerprint density at radius 2 is 2.09 bits per heavy atom. The van der Waals surface area contributed by atoms with Gasteiger partial charge in [0.1, 0.15) is 6.29 Å². The first-order chi connectivity index (χ1) is 5.31. The van der Waals surface area contributed by atoms with Gasteiger partial charge >= 0.3 is 0 Å². The molecule has 1 heteroatoms. The molecule has 0 aromatic carbocycles. The third kappa shape index (κ3) is 7.31. The molecule has 64 valence electrons. The maximum Gasteiger partial charge on any atom is 0.123 e. The fourth-order valence-corrected chi connectivity index (χ4v) is 1.09. The van der Waals surface area contributed by atoms with E-state index in [4.69, 9.17) is 0 Å². The normalized spacial score (nSPS) is 13.6. The Morgan fingerprint density at radius 3 is 2.64 bits per heavy atom. The van der Waals surface area contributed by atoms with E-state index in [1.54, 1.807) is 0 Å². The van der Waals surface area contributed by atoms with Gasteiger partial charge in [0.25, 0.3) is 0 Å². The van der Waals surface area contributed by atoms with Crippen molar-refractivity contribution in [2.24, 2.45) is 5.92 Å². The van der Waals surface area contributed by atoms with E-state index in [-0.39, 0.29) is 0 Å². The molecule has 0 aliphatic carbocycles. The summed E-state index contributed by atoms with van der Waals surface area (Å²) in [5.74, 6) is 0.767. The van der Waals surface area contributed by atoms with Crippen molar-refractivity contribution < 1.29 is 4.79 Å². The molecule has 0 bridgehead atoms. The highest BCUT2D eigenvalue weighted by molar-refractivity contribution is 5.51. The Kier molecular flexibility index (Phi) is 7.11. The minimum atomic E-state index is 0.568. The highest BCUT2D eigenvalue weighted by Gasteiger charge is 1.95. The highest BCUT2D eigenvalue weighted by atomic mass is 16.1. The molecule has 0 spiro atoms. The van der Waals surface area contributed by atoms with Crippen LogP contribution in [0, 0.1) is 5.92 Å². The van der Waals surface area contributed by atoms with Gasteiger partial charge < -0.3 is 4.79 Å². The van der Waals surface area contributed by atoms with Gasteiger partial charge in [-0.05, 0) is 12.3 Å². The van der Waals surface area contributed by atoms with Gasteiger partial charge in [0, 0.05) is 6.42 Å². The molecule has 0 amide bonds. The monoisotopic (exact) mass is 154 g/mol. The van der Waals surface area contributed by atoms with E-state index in [2.05, 4.69) is 19.9 Å². The van der Waals surface area contributed by atoms with E-state index in [0.29, 0.717) is 6.42 Å². The molecule has 1 atom stereocenters. The summed E-state index contributed by atoms with van der Waals surface area (Å²) in [6.07, 6.45) is 9.20. The maximum absolute atomic E-state index is 9.92. The van der Waals surface area contributed by atoms with Crippen LogP contribution >= 0.6 is 0 Å². The third-order valence-corrected chi connectivity index (χ3v) is 1.72. The van der Waals surface area contributed by atoms with Crippen molar-refractivity contribution in [3.05, 3.63) is 12.2 Å². The second-order valence-electron chi connectivity index (χ2n) is 3.00. The van der Waals surface area contributed by atoms with Gasteiger partial charge in [0.15, 0.2) is 0 Å². The smallest absolute Gasteiger partial charge is 0.123 e. The van der Waals surface area contributed by atoms with Gasteiger partial charge in [0.05, 0.1) is 0 Å². The number of aldehydes is 1. The van der Waals surface area contributed by atoms with E-state index >= 15 is 0 Å². The fraction of sp³-hybridized carbons (Fsp3) is 0.700. The van der Waals surface area contributed by atoms with Gasteiger partial charge in [0.2, 0.25) is 0 Å². The van der Waals surface area contributed by atoms with Crippen molar-refractivity contribution in [1.82, 2.24) is 0 Å². The quantitative estimate of drug-likeness (QED) is 0.424. The average molecular weight is 154 g/mol. The lowest BCUT2D eigenvalue weighted by Gasteiger charge is -2.04. The van der Waals surface area contributed by atoms with E-state index < -0.39 is 0 Å². The summed E-state index contributed by atoms with van der Waals surface area (Å²) < 4.78 is 0. The second-order valence-corrected chi connectivity index (χ2v) is 3.00. The first kappa shape index (κ1) is 10.4. The molecule has 0 fully saturated rings. The van der Waals surface area contributed by atoms with Crippen LogP contribution < -0.4 is 0 Å². The predicted molar refractivity (Wildman–Crippen MR) is 48.5 cm³/mol. The minimum Gasteiger partial charge on any atom is -0.303 e. The second kappa shape index (κ2) is 7.52. The average Bonchev–Trinajstić information content (AvgIpc) is 1.99. The van der Waals surface area contributed by atoms with Gasteiger partial charge in [-0.2, -0.15) is 0 Å². The van der Waals surface area contributed by atoms with Crippen LogP contribution in [0.1, 0.15) is 39.5 Å². The number of hydrogen-bond donors (Lipinski definition) is 0. The molecule has 0 aromatic rings. The lowest BCUT2D eigenvalue weighted by molar-refractivity contribution is -0.107. The minimum absolute atomic E-state index is 0.568. The van der Waals surface area contributed by atoms with Gasteiger partial charge in [-0.15, -0.1) is 0 Å². The SMILES string of the molecule is CCCC(C)CC=CCC=O. The lowest BCUT2D eigenvalue weighted by Crippen LogP contribution is -1.90. The molecule has 0 aromatic heterocycles.